The predicted octanol–water partition coefficient (Wildman–Crippen LogP) is 2.81. The largest absolute Gasteiger partial charge is 0.506 e. The number of benzene rings is 1. The van der Waals surface area contributed by atoms with E-state index in [9.17, 15) is 19.5 Å². The van der Waals surface area contributed by atoms with E-state index in [1.54, 1.807) is 33.8 Å². The van der Waals surface area contributed by atoms with Crippen LogP contribution in [0, 0.1) is 3.57 Å². The number of phenolic OH excluding ortho intramolecular Hbond substituents is 1. The Kier molecular flexibility index (Phi) is 7.65. The Bertz CT molecular complexity index is 653. The highest BCUT2D eigenvalue weighted by molar-refractivity contribution is 14.1. The van der Waals surface area contributed by atoms with Gasteiger partial charge in [-0.15, -0.1) is 0 Å². The van der Waals surface area contributed by atoms with Gasteiger partial charge in [0.05, 0.1) is 15.7 Å². The lowest BCUT2D eigenvalue weighted by atomic mass is 10.0. The molecule has 25 heavy (non-hydrogen) atoms. The molecule has 138 valence electrons. The van der Waals surface area contributed by atoms with Crippen LogP contribution < -0.4 is 5.32 Å². The average Bonchev–Trinajstić information content (AvgIpc) is 2.48. The van der Waals surface area contributed by atoms with Crippen LogP contribution in [0.2, 0.25) is 0 Å². The molecule has 1 aromatic carbocycles. The van der Waals surface area contributed by atoms with Crippen LogP contribution in [0.15, 0.2) is 12.1 Å². The standard InChI is InChI=1S/C17H22INO6/c1-5-24-15(22)13(19-16(23)25-17(2,3)4)8-10-6-11(9-20)14(21)12(18)7-10/h6-7,9,13,21H,5,8H2,1-4H3,(H,19,23)/t13-/m0/s1. The van der Waals surface area contributed by atoms with Crippen molar-refractivity contribution in [3.63, 3.8) is 0 Å². The number of aldehydes is 1. The molecule has 0 saturated heterocycles. The van der Waals surface area contributed by atoms with Gasteiger partial charge in [-0.1, -0.05) is 0 Å². The fourth-order valence-corrected chi connectivity index (χ4v) is 2.72. The van der Waals surface area contributed by atoms with Gasteiger partial charge in [-0.05, 0) is 68.0 Å². The van der Waals surface area contributed by atoms with E-state index in [-0.39, 0.29) is 24.3 Å². The Morgan fingerprint density at radius 3 is 2.52 bits per heavy atom. The fourth-order valence-electron chi connectivity index (χ4n) is 2.01. The van der Waals surface area contributed by atoms with Crippen LogP contribution in [0.25, 0.3) is 0 Å². The second-order valence-corrected chi connectivity index (χ2v) is 7.45. The van der Waals surface area contributed by atoms with Crippen molar-refractivity contribution in [3.8, 4) is 5.75 Å². The second kappa shape index (κ2) is 9.02. The molecule has 7 nitrogen and oxygen atoms in total. The summed E-state index contributed by atoms with van der Waals surface area (Å²) in [4.78, 5) is 35.2. The Labute approximate surface area is 160 Å². The number of ether oxygens (including phenoxy) is 2. The van der Waals surface area contributed by atoms with Gasteiger partial charge in [0.15, 0.2) is 6.29 Å². The number of halogens is 1. The first kappa shape index (κ1) is 21.2. The Morgan fingerprint density at radius 2 is 2.00 bits per heavy atom. The molecule has 8 heteroatoms. The van der Waals surface area contributed by atoms with Crippen LogP contribution >= 0.6 is 22.6 Å². The van der Waals surface area contributed by atoms with E-state index in [0.717, 1.165) is 0 Å². The molecule has 0 saturated carbocycles. The summed E-state index contributed by atoms with van der Waals surface area (Å²) >= 11 is 1.89. The molecule has 0 aliphatic carbocycles. The smallest absolute Gasteiger partial charge is 0.408 e. The van der Waals surface area contributed by atoms with Crippen molar-refractivity contribution in [3.05, 3.63) is 26.8 Å². The van der Waals surface area contributed by atoms with Crippen molar-refractivity contribution in [2.45, 2.75) is 45.8 Å². The number of carbonyl (C=O) groups excluding carboxylic acids is 3. The number of carbonyl (C=O) groups is 3. The van der Waals surface area contributed by atoms with Gasteiger partial charge in [0.2, 0.25) is 0 Å². The van der Waals surface area contributed by atoms with Gasteiger partial charge in [0, 0.05) is 6.42 Å². The van der Waals surface area contributed by atoms with Crippen molar-refractivity contribution in [1.29, 1.82) is 0 Å². The lowest BCUT2D eigenvalue weighted by Gasteiger charge is -2.23. The van der Waals surface area contributed by atoms with Gasteiger partial charge >= 0.3 is 12.1 Å². The third-order valence-electron chi connectivity index (χ3n) is 2.98. The van der Waals surface area contributed by atoms with E-state index in [1.807, 2.05) is 22.6 Å². The van der Waals surface area contributed by atoms with Crippen molar-refractivity contribution in [2.24, 2.45) is 0 Å². The maximum absolute atomic E-state index is 12.1. The molecular formula is C17H22INO6. The van der Waals surface area contributed by atoms with Crippen LogP contribution in [0.3, 0.4) is 0 Å². The summed E-state index contributed by atoms with van der Waals surface area (Å²) in [5, 5.41) is 12.3. The molecule has 0 aliphatic rings. The minimum atomic E-state index is -0.977. The van der Waals surface area contributed by atoms with Crippen LogP contribution in [-0.2, 0) is 20.7 Å². The third kappa shape index (κ3) is 6.89. The number of phenols is 1. The molecule has 1 atom stereocenters. The summed E-state index contributed by atoms with van der Waals surface area (Å²) in [5.74, 6) is -0.726. The second-order valence-electron chi connectivity index (χ2n) is 6.29. The number of alkyl carbamates (subject to hydrolysis) is 1. The summed E-state index contributed by atoms with van der Waals surface area (Å²) in [6.07, 6.45) is -0.119. The molecule has 0 spiro atoms. The zero-order chi connectivity index (χ0) is 19.2. The molecule has 1 aromatic rings. The van der Waals surface area contributed by atoms with Crippen molar-refractivity contribution in [2.75, 3.05) is 6.61 Å². The minimum absolute atomic E-state index is 0.0925. The molecule has 0 aromatic heterocycles. The van der Waals surface area contributed by atoms with E-state index in [4.69, 9.17) is 9.47 Å². The summed E-state index contributed by atoms with van der Waals surface area (Å²) in [7, 11) is 0. The molecule has 0 fully saturated rings. The van der Waals surface area contributed by atoms with Crippen LogP contribution in [0.5, 0.6) is 5.75 Å². The van der Waals surface area contributed by atoms with Gasteiger partial charge in [0.1, 0.15) is 17.4 Å². The van der Waals surface area contributed by atoms with Crippen LogP contribution in [-0.4, -0.2) is 41.7 Å². The van der Waals surface area contributed by atoms with Gasteiger partial charge < -0.3 is 19.9 Å². The zero-order valence-electron chi connectivity index (χ0n) is 14.6. The van der Waals surface area contributed by atoms with Crippen LogP contribution in [0.4, 0.5) is 4.79 Å². The lowest BCUT2D eigenvalue weighted by molar-refractivity contribution is -0.145. The minimum Gasteiger partial charge on any atom is -0.506 e. The van der Waals surface area contributed by atoms with E-state index >= 15 is 0 Å². The number of aromatic hydroxyl groups is 1. The molecule has 2 N–H and O–H groups in total. The van der Waals surface area contributed by atoms with E-state index < -0.39 is 23.7 Å². The molecule has 0 aliphatic heterocycles. The third-order valence-corrected chi connectivity index (χ3v) is 3.80. The Hall–Kier alpha value is -1.84. The van der Waals surface area contributed by atoms with E-state index in [1.165, 1.54) is 6.07 Å². The number of esters is 1. The summed E-state index contributed by atoms with van der Waals surface area (Å²) in [6.45, 7) is 6.97. The Balaban J connectivity index is 3.01. The highest BCUT2D eigenvalue weighted by atomic mass is 127. The monoisotopic (exact) mass is 463 g/mol. The average molecular weight is 463 g/mol. The topological polar surface area (TPSA) is 102 Å². The van der Waals surface area contributed by atoms with Crippen molar-refractivity contribution >= 4 is 40.9 Å². The highest BCUT2D eigenvalue weighted by Crippen LogP contribution is 2.25. The molecular weight excluding hydrogens is 441 g/mol. The summed E-state index contributed by atoms with van der Waals surface area (Å²) in [6, 6.07) is 2.12. The number of rotatable bonds is 6. The summed E-state index contributed by atoms with van der Waals surface area (Å²) < 4.78 is 10.6. The Morgan fingerprint density at radius 1 is 1.36 bits per heavy atom. The van der Waals surface area contributed by atoms with E-state index in [2.05, 4.69) is 5.32 Å². The van der Waals surface area contributed by atoms with Gasteiger partial charge in [0.25, 0.3) is 0 Å². The van der Waals surface area contributed by atoms with Gasteiger partial charge in [-0.25, -0.2) is 9.59 Å². The quantitative estimate of drug-likeness (QED) is 0.382. The van der Waals surface area contributed by atoms with Crippen molar-refractivity contribution in [1.82, 2.24) is 5.32 Å². The molecule has 0 radical (unpaired) electrons. The first-order valence-corrected chi connectivity index (χ1v) is 8.78. The van der Waals surface area contributed by atoms with Crippen LogP contribution in [0.1, 0.15) is 43.6 Å². The van der Waals surface area contributed by atoms with Crippen molar-refractivity contribution < 1.29 is 29.0 Å². The van der Waals surface area contributed by atoms with E-state index in [0.29, 0.717) is 15.4 Å². The number of nitrogens with one attached hydrogen (secondary N) is 1. The first-order chi connectivity index (χ1) is 11.6. The number of hydrogen-bond donors (Lipinski definition) is 2. The van der Waals surface area contributed by atoms with Gasteiger partial charge in [-0.2, -0.15) is 0 Å². The number of hydrogen-bond acceptors (Lipinski definition) is 6. The highest BCUT2D eigenvalue weighted by Gasteiger charge is 2.26. The molecule has 0 unspecified atom stereocenters. The zero-order valence-corrected chi connectivity index (χ0v) is 16.7. The normalized spacial score (nSPS) is 12.2. The predicted molar refractivity (Wildman–Crippen MR) is 99.7 cm³/mol. The summed E-state index contributed by atoms with van der Waals surface area (Å²) in [5.41, 5.74) is 0.00206. The lowest BCUT2D eigenvalue weighted by Crippen LogP contribution is -2.45. The van der Waals surface area contributed by atoms with Gasteiger partial charge in [-0.3, -0.25) is 4.79 Å². The number of amides is 1. The molecule has 1 amide bonds. The first-order valence-electron chi connectivity index (χ1n) is 7.70. The SMILES string of the molecule is CCOC(=O)[C@H](Cc1cc(I)c(O)c(C=O)c1)NC(=O)OC(C)(C)C. The fraction of sp³-hybridized carbons (Fsp3) is 0.471. The molecule has 0 bridgehead atoms. The molecule has 0 heterocycles. The maximum Gasteiger partial charge on any atom is 0.408 e. The molecule has 1 rings (SSSR count). The maximum atomic E-state index is 12.1.